The number of hydrogen-bond acceptors (Lipinski definition) is 2. The Morgan fingerprint density at radius 3 is 2.69 bits per heavy atom. The van der Waals surface area contributed by atoms with Crippen LogP contribution in [0.2, 0.25) is 0 Å². The highest BCUT2D eigenvalue weighted by Crippen LogP contribution is 2.64. The molecule has 0 aliphatic heterocycles. The summed E-state index contributed by atoms with van der Waals surface area (Å²) in [5.41, 5.74) is 1.64. The largest absolute Gasteiger partial charge is 0.393 e. The summed E-state index contributed by atoms with van der Waals surface area (Å²) in [7, 11) is 0. The summed E-state index contributed by atoms with van der Waals surface area (Å²) >= 11 is 0. The van der Waals surface area contributed by atoms with E-state index in [0.717, 1.165) is 48.9 Å². The summed E-state index contributed by atoms with van der Waals surface area (Å²) in [6.07, 6.45) is 16.0. The monoisotopic (exact) mass is 360 g/mol. The third-order valence-corrected chi connectivity index (χ3v) is 8.96. The molecule has 0 radical (unpaired) electrons. The Labute approximate surface area is 160 Å². The molecule has 2 N–H and O–H groups in total. The third kappa shape index (κ3) is 3.41. The van der Waals surface area contributed by atoms with Crippen LogP contribution in [0.5, 0.6) is 0 Å². The van der Waals surface area contributed by atoms with Gasteiger partial charge in [-0.05, 0) is 113 Å². The van der Waals surface area contributed by atoms with Crippen molar-refractivity contribution in [3.63, 3.8) is 0 Å². The van der Waals surface area contributed by atoms with Gasteiger partial charge in [-0.2, -0.15) is 0 Å². The molecular formula is C24H40O2. The lowest BCUT2D eigenvalue weighted by atomic mass is 9.51. The predicted molar refractivity (Wildman–Crippen MR) is 107 cm³/mol. The number of rotatable bonds is 4. The van der Waals surface area contributed by atoms with Gasteiger partial charge in [-0.3, -0.25) is 0 Å². The van der Waals surface area contributed by atoms with E-state index in [9.17, 15) is 10.2 Å². The van der Waals surface area contributed by atoms with Crippen LogP contribution in [-0.2, 0) is 0 Å². The minimum absolute atomic E-state index is 0.0745. The van der Waals surface area contributed by atoms with Crippen molar-refractivity contribution >= 4 is 0 Å². The standard InChI is InChI=1S/C24H40O2/c1-23(2,26)13-4-5-17-7-11-22-21-9-6-16-15-18(25)8-10-19(16)20(21)12-14-24(17,22)3/h6,17-22,25-26H,4-5,7-15H2,1-3H3/t17-,18-,19-,20?,21?,22?,24+/m0/s1. The Balaban J connectivity index is 1.44. The minimum atomic E-state index is -0.507. The molecule has 26 heavy (non-hydrogen) atoms. The van der Waals surface area contributed by atoms with E-state index < -0.39 is 5.60 Å². The minimum Gasteiger partial charge on any atom is -0.393 e. The molecule has 148 valence electrons. The Morgan fingerprint density at radius 2 is 1.92 bits per heavy atom. The summed E-state index contributed by atoms with van der Waals surface area (Å²) < 4.78 is 0. The van der Waals surface area contributed by atoms with Crippen LogP contribution in [-0.4, -0.2) is 21.9 Å². The summed E-state index contributed by atoms with van der Waals surface area (Å²) in [6.45, 7) is 6.51. The molecule has 0 aromatic heterocycles. The molecule has 2 heteroatoms. The van der Waals surface area contributed by atoms with Gasteiger partial charge in [0.2, 0.25) is 0 Å². The maximum Gasteiger partial charge on any atom is 0.0591 e. The van der Waals surface area contributed by atoms with Crippen LogP contribution in [0.1, 0.15) is 91.4 Å². The lowest BCUT2D eigenvalue weighted by Crippen LogP contribution is -2.46. The number of allylic oxidation sites excluding steroid dienone is 1. The topological polar surface area (TPSA) is 40.5 Å². The molecular weight excluding hydrogens is 320 g/mol. The molecule has 0 heterocycles. The zero-order chi connectivity index (χ0) is 18.5. The van der Waals surface area contributed by atoms with Crippen molar-refractivity contribution in [3.8, 4) is 0 Å². The van der Waals surface area contributed by atoms with Gasteiger partial charge in [-0.1, -0.05) is 25.0 Å². The van der Waals surface area contributed by atoms with Crippen molar-refractivity contribution in [1.29, 1.82) is 0 Å². The Morgan fingerprint density at radius 1 is 1.12 bits per heavy atom. The van der Waals surface area contributed by atoms with Crippen molar-refractivity contribution in [3.05, 3.63) is 11.6 Å². The van der Waals surface area contributed by atoms with Gasteiger partial charge in [0.25, 0.3) is 0 Å². The number of hydrogen-bond donors (Lipinski definition) is 2. The maximum atomic E-state index is 10.1. The number of fused-ring (bicyclic) bond motifs is 5. The van der Waals surface area contributed by atoms with E-state index in [1.165, 1.54) is 51.4 Å². The second-order valence-corrected chi connectivity index (χ2v) is 11.0. The van der Waals surface area contributed by atoms with E-state index in [2.05, 4.69) is 13.0 Å². The van der Waals surface area contributed by atoms with Gasteiger partial charge in [0, 0.05) is 0 Å². The second kappa shape index (κ2) is 6.92. The number of aliphatic hydroxyl groups excluding tert-OH is 1. The van der Waals surface area contributed by atoms with Gasteiger partial charge in [-0.25, -0.2) is 0 Å². The lowest BCUT2D eigenvalue weighted by molar-refractivity contribution is -0.0213. The third-order valence-electron chi connectivity index (χ3n) is 8.96. The molecule has 3 fully saturated rings. The normalized spacial score (nSPS) is 45.5. The fraction of sp³-hybridized carbons (Fsp3) is 0.917. The van der Waals surface area contributed by atoms with Gasteiger partial charge in [0.05, 0.1) is 11.7 Å². The van der Waals surface area contributed by atoms with E-state index in [1.807, 2.05) is 13.8 Å². The van der Waals surface area contributed by atoms with E-state index in [1.54, 1.807) is 5.57 Å². The van der Waals surface area contributed by atoms with Crippen molar-refractivity contribution in [2.24, 2.45) is 35.0 Å². The molecule has 0 spiro atoms. The molecule has 0 aromatic rings. The fourth-order valence-corrected chi connectivity index (χ4v) is 7.61. The van der Waals surface area contributed by atoms with E-state index >= 15 is 0 Å². The summed E-state index contributed by atoms with van der Waals surface area (Å²) in [5.74, 6) is 4.37. The first-order chi connectivity index (χ1) is 12.3. The van der Waals surface area contributed by atoms with Crippen LogP contribution in [0.4, 0.5) is 0 Å². The maximum absolute atomic E-state index is 10.1. The molecule has 4 aliphatic carbocycles. The first kappa shape index (κ1) is 19.0. The van der Waals surface area contributed by atoms with Gasteiger partial charge in [0.1, 0.15) is 0 Å². The average Bonchev–Trinajstić information content (AvgIpc) is 2.90. The molecule has 2 nitrogen and oxygen atoms in total. The van der Waals surface area contributed by atoms with Crippen molar-refractivity contribution in [2.75, 3.05) is 0 Å². The van der Waals surface area contributed by atoms with Gasteiger partial charge >= 0.3 is 0 Å². The molecule has 0 amide bonds. The average molecular weight is 361 g/mol. The molecule has 7 atom stereocenters. The van der Waals surface area contributed by atoms with Crippen molar-refractivity contribution in [2.45, 2.75) is 103 Å². The zero-order valence-corrected chi connectivity index (χ0v) is 17.2. The molecule has 0 saturated heterocycles. The highest BCUT2D eigenvalue weighted by molar-refractivity contribution is 5.20. The first-order valence-electron chi connectivity index (χ1n) is 11.4. The summed E-state index contributed by atoms with van der Waals surface area (Å²) in [5, 5.41) is 20.1. The van der Waals surface area contributed by atoms with Crippen LogP contribution < -0.4 is 0 Å². The fourth-order valence-electron chi connectivity index (χ4n) is 7.61. The Kier molecular flexibility index (Phi) is 5.06. The van der Waals surface area contributed by atoms with Crippen molar-refractivity contribution in [1.82, 2.24) is 0 Å². The van der Waals surface area contributed by atoms with Crippen LogP contribution in [0.25, 0.3) is 0 Å². The van der Waals surface area contributed by atoms with Crippen LogP contribution in [0.3, 0.4) is 0 Å². The molecule has 3 unspecified atom stereocenters. The highest BCUT2D eigenvalue weighted by atomic mass is 16.3. The molecule has 4 rings (SSSR count). The molecule has 0 aromatic carbocycles. The first-order valence-corrected chi connectivity index (χ1v) is 11.4. The lowest BCUT2D eigenvalue weighted by Gasteiger charge is -2.54. The van der Waals surface area contributed by atoms with Crippen LogP contribution in [0, 0.1) is 35.0 Å². The Hall–Kier alpha value is -0.340. The summed E-state index contributed by atoms with van der Waals surface area (Å²) in [4.78, 5) is 0. The van der Waals surface area contributed by atoms with E-state index in [4.69, 9.17) is 0 Å². The smallest absolute Gasteiger partial charge is 0.0591 e. The SMILES string of the molecule is CC(C)(O)CCC[C@H]1CCC2C3CC=C4C[C@@H](O)CC[C@@H]4C3CC[C@@]21C. The molecule has 4 aliphatic rings. The number of aliphatic hydroxyl groups is 2. The van der Waals surface area contributed by atoms with Gasteiger partial charge < -0.3 is 10.2 Å². The van der Waals surface area contributed by atoms with Crippen LogP contribution in [0.15, 0.2) is 11.6 Å². The molecule has 3 saturated carbocycles. The predicted octanol–water partition coefficient (Wildman–Crippen LogP) is 5.48. The quantitative estimate of drug-likeness (QED) is 0.652. The van der Waals surface area contributed by atoms with Gasteiger partial charge in [0.15, 0.2) is 0 Å². The van der Waals surface area contributed by atoms with Crippen LogP contribution >= 0.6 is 0 Å². The molecule has 0 bridgehead atoms. The van der Waals surface area contributed by atoms with E-state index in [0.29, 0.717) is 5.41 Å². The zero-order valence-electron chi connectivity index (χ0n) is 17.2. The van der Waals surface area contributed by atoms with Gasteiger partial charge in [-0.15, -0.1) is 0 Å². The Bertz CT molecular complexity index is 545. The van der Waals surface area contributed by atoms with Crippen molar-refractivity contribution < 1.29 is 10.2 Å². The van der Waals surface area contributed by atoms with E-state index in [-0.39, 0.29) is 6.10 Å². The highest BCUT2D eigenvalue weighted by Gasteiger charge is 2.55. The second-order valence-electron chi connectivity index (χ2n) is 11.0. The summed E-state index contributed by atoms with van der Waals surface area (Å²) in [6, 6.07) is 0.